The molecule has 0 saturated carbocycles. The molecule has 0 saturated heterocycles. The summed E-state index contributed by atoms with van der Waals surface area (Å²) in [5.41, 5.74) is 0. The van der Waals surface area contributed by atoms with E-state index in [4.69, 9.17) is 0 Å². The molecule has 272 valence electrons. The molecule has 0 radical (unpaired) electrons. The molecular formula is C41H79NO4. The summed E-state index contributed by atoms with van der Waals surface area (Å²) in [7, 11) is 0. The molecule has 0 aromatic heterocycles. The first kappa shape index (κ1) is 44.8. The number of rotatable bonds is 36. The van der Waals surface area contributed by atoms with Gasteiger partial charge in [0, 0.05) is 0 Å². The lowest BCUT2D eigenvalue weighted by Crippen LogP contribution is -2.46. The number of nitrogens with one attached hydrogen (secondary N) is 1. The van der Waals surface area contributed by atoms with Crippen LogP contribution in [0.3, 0.4) is 0 Å². The van der Waals surface area contributed by atoms with E-state index in [1.807, 2.05) is 0 Å². The Morgan fingerprint density at radius 3 is 1.37 bits per heavy atom. The highest BCUT2D eigenvalue weighted by Crippen LogP contribution is 2.15. The molecule has 0 aliphatic rings. The quantitative estimate of drug-likeness (QED) is 0.0401. The van der Waals surface area contributed by atoms with E-state index in [2.05, 4.69) is 43.5 Å². The molecule has 4 N–H and O–H groups in total. The standard InChI is InChI=1S/C41H79NO4/c1-3-5-7-9-11-13-15-16-17-18-19-20-21-22-23-24-25-26-28-30-32-34-38(44)36-41(46)42-39(37-43)40(45)35-33-31-29-27-14-12-10-8-6-4-2/h19-20,22-23,38-40,43-45H,3-18,21,24-37H2,1-2H3,(H,42,46)/b20-19-,23-22-. The Kier molecular flexibility index (Phi) is 35.7. The number of carbonyl (C=O) groups excluding carboxylic acids is 1. The number of aliphatic hydroxyl groups excluding tert-OH is 3. The van der Waals surface area contributed by atoms with E-state index >= 15 is 0 Å². The molecule has 1 amide bonds. The van der Waals surface area contributed by atoms with Gasteiger partial charge < -0.3 is 20.6 Å². The topological polar surface area (TPSA) is 89.8 Å². The predicted molar refractivity (Wildman–Crippen MR) is 199 cm³/mol. The van der Waals surface area contributed by atoms with Crippen molar-refractivity contribution < 1.29 is 20.1 Å². The molecule has 0 aromatic carbocycles. The van der Waals surface area contributed by atoms with Crippen LogP contribution in [-0.4, -0.2) is 46.1 Å². The number of aliphatic hydroxyl groups is 3. The highest BCUT2D eigenvalue weighted by molar-refractivity contribution is 5.76. The van der Waals surface area contributed by atoms with E-state index in [9.17, 15) is 20.1 Å². The smallest absolute Gasteiger partial charge is 0.222 e. The molecule has 0 aliphatic carbocycles. The largest absolute Gasteiger partial charge is 0.394 e. The van der Waals surface area contributed by atoms with Gasteiger partial charge in [-0.1, -0.05) is 179 Å². The molecule has 3 unspecified atom stereocenters. The number of hydrogen-bond donors (Lipinski definition) is 4. The number of allylic oxidation sites excluding steroid dienone is 4. The zero-order valence-corrected chi connectivity index (χ0v) is 30.7. The monoisotopic (exact) mass is 650 g/mol. The van der Waals surface area contributed by atoms with Crippen molar-refractivity contribution in [2.24, 2.45) is 0 Å². The van der Waals surface area contributed by atoms with E-state index in [0.29, 0.717) is 12.8 Å². The Bertz CT molecular complexity index is 679. The van der Waals surface area contributed by atoms with Crippen LogP contribution in [0.5, 0.6) is 0 Å². The average Bonchev–Trinajstić information content (AvgIpc) is 3.05. The Morgan fingerprint density at radius 1 is 0.543 bits per heavy atom. The minimum atomic E-state index is -0.749. The second-order valence-corrected chi connectivity index (χ2v) is 13.9. The maximum atomic E-state index is 12.4. The van der Waals surface area contributed by atoms with Crippen molar-refractivity contribution in [3.05, 3.63) is 24.3 Å². The third-order valence-corrected chi connectivity index (χ3v) is 9.27. The fraction of sp³-hybridized carbons (Fsp3) is 0.878. The second kappa shape index (κ2) is 36.7. The maximum Gasteiger partial charge on any atom is 0.222 e. The van der Waals surface area contributed by atoms with Gasteiger partial charge in [-0.2, -0.15) is 0 Å². The SMILES string of the molecule is CCCCCCCCCCC/C=C\C/C=C\CCCCCCCC(O)CC(=O)NC(CO)C(O)CCCCCCCCCCCC. The lowest BCUT2D eigenvalue weighted by Gasteiger charge is -2.23. The summed E-state index contributed by atoms with van der Waals surface area (Å²) >= 11 is 0. The zero-order chi connectivity index (χ0) is 33.8. The van der Waals surface area contributed by atoms with Gasteiger partial charge in [-0.15, -0.1) is 0 Å². The minimum absolute atomic E-state index is 0.0277. The summed E-state index contributed by atoms with van der Waals surface area (Å²) in [6.07, 6.45) is 42.8. The van der Waals surface area contributed by atoms with E-state index in [1.165, 1.54) is 128 Å². The van der Waals surface area contributed by atoms with Crippen LogP contribution in [0.15, 0.2) is 24.3 Å². The average molecular weight is 650 g/mol. The zero-order valence-electron chi connectivity index (χ0n) is 30.7. The van der Waals surface area contributed by atoms with Crippen LogP contribution in [-0.2, 0) is 4.79 Å². The molecule has 5 nitrogen and oxygen atoms in total. The van der Waals surface area contributed by atoms with Crippen LogP contribution in [0.2, 0.25) is 0 Å². The maximum absolute atomic E-state index is 12.4. The van der Waals surface area contributed by atoms with E-state index in [0.717, 1.165) is 44.9 Å². The fourth-order valence-corrected chi connectivity index (χ4v) is 6.14. The van der Waals surface area contributed by atoms with Gasteiger partial charge in [0.1, 0.15) is 0 Å². The molecule has 0 rings (SSSR count). The molecule has 0 bridgehead atoms. The van der Waals surface area contributed by atoms with E-state index in [1.54, 1.807) is 0 Å². The van der Waals surface area contributed by atoms with Crippen molar-refractivity contribution in [2.45, 2.75) is 225 Å². The first-order valence-electron chi connectivity index (χ1n) is 20.1. The van der Waals surface area contributed by atoms with E-state index in [-0.39, 0.29) is 18.9 Å². The molecule has 3 atom stereocenters. The van der Waals surface area contributed by atoms with Crippen molar-refractivity contribution in [3.8, 4) is 0 Å². The van der Waals surface area contributed by atoms with Gasteiger partial charge in [0.25, 0.3) is 0 Å². The van der Waals surface area contributed by atoms with Crippen LogP contribution in [0, 0.1) is 0 Å². The predicted octanol–water partition coefficient (Wildman–Crippen LogP) is 11.0. The molecular weight excluding hydrogens is 570 g/mol. The summed E-state index contributed by atoms with van der Waals surface area (Å²) in [6.45, 7) is 4.23. The molecule has 0 aliphatic heterocycles. The summed E-state index contributed by atoms with van der Waals surface area (Å²) in [4.78, 5) is 12.4. The number of hydrogen-bond acceptors (Lipinski definition) is 4. The minimum Gasteiger partial charge on any atom is -0.394 e. The lowest BCUT2D eigenvalue weighted by molar-refractivity contribution is -0.125. The van der Waals surface area contributed by atoms with Gasteiger partial charge in [0.2, 0.25) is 5.91 Å². The first-order chi connectivity index (χ1) is 22.5. The number of amides is 1. The van der Waals surface area contributed by atoms with Gasteiger partial charge in [-0.25, -0.2) is 0 Å². The molecule has 0 fully saturated rings. The molecule has 0 aromatic rings. The highest BCUT2D eigenvalue weighted by Gasteiger charge is 2.21. The van der Waals surface area contributed by atoms with Crippen LogP contribution in [0.25, 0.3) is 0 Å². The Labute approximate surface area is 286 Å². The van der Waals surface area contributed by atoms with Crippen LogP contribution in [0.1, 0.15) is 206 Å². The molecule has 5 heteroatoms. The summed E-state index contributed by atoms with van der Waals surface area (Å²) in [5, 5.41) is 33.2. The Hall–Kier alpha value is -1.17. The van der Waals surface area contributed by atoms with Crippen LogP contribution in [0.4, 0.5) is 0 Å². The summed E-state index contributed by atoms with van der Waals surface area (Å²) < 4.78 is 0. The van der Waals surface area contributed by atoms with Gasteiger partial charge in [0.15, 0.2) is 0 Å². The van der Waals surface area contributed by atoms with Gasteiger partial charge in [-0.3, -0.25) is 4.79 Å². The van der Waals surface area contributed by atoms with Gasteiger partial charge in [-0.05, 0) is 44.9 Å². The van der Waals surface area contributed by atoms with Crippen molar-refractivity contribution in [2.75, 3.05) is 6.61 Å². The normalized spacial score (nSPS) is 13.9. The van der Waals surface area contributed by atoms with Crippen molar-refractivity contribution >= 4 is 5.91 Å². The third kappa shape index (κ3) is 32.8. The summed E-state index contributed by atoms with van der Waals surface area (Å²) in [5.74, 6) is -0.293. The molecule has 46 heavy (non-hydrogen) atoms. The van der Waals surface area contributed by atoms with E-state index < -0.39 is 18.2 Å². The lowest BCUT2D eigenvalue weighted by atomic mass is 10.0. The third-order valence-electron chi connectivity index (χ3n) is 9.27. The molecule has 0 heterocycles. The first-order valence-corrected chi connectivity index (χ1v) is 20.1. The highest BCUT2D eigenvalue weighted by atomic mass is 16.3. The van der Waals surface area contributed by atoms with Gasteiger partial charge in [0.05, 0.1) is 31.3 Å². The van der Waals surface area contributed by atoms with Crippen molar-refractivity contribution in [1.82, 2.24) is 5.32 Å². The van der Waals surface area contributed by atoms with Crippen LogP contribution >= 0.6 is 0 Å². The molecule has 0 spiro atoms. The Balaban J connectivity index is 3.65. The second-order valence-electron chi connectivity index (χ2n) is 13.9. The Morgan fingerprint density at radius 2 is 0.935 bits per heavy atom. The van der Waals surface area contributed by atoms with Crippen molar-refractivity contribution in [3.63, 3.8) is 0 Å². The number of unbranched alkanes of at least 4 members (excludes halogenated alkanes) is 23. The van der Waals surface area contributed by atoms with Crippen LogP contribution < -0.4 is 5.32 Å². The van der Waals surface area contributed by atoms with Gasteiger partial charge >= 0.3 is 0 Å². The fourth-order valence-electron chi connectivity index (χ4n) is 6.14. The summed E-state index contributed by atoms with van der Waals surface area (Å²) in [6, 6.07) is -0.659. The van der Waals surface area contributed by atoms with Crippen molar-refractivity contribution in [1.29, 1.82) is 0 Å². The number of carbonyl (C=O) groups is 1.